The van der Waals surface area contributed by atoms with Gasteiger partial charge < -0.3 is 9.38 Å². The Morgan fingerprint density at radius 1 is 0.857 bits per heavy atom. The van der Waals surface area contributed by atoms with Gasteiger partial charge in [0.25, 0.3) is 0 Å². The minimum Gasteiger partial charge on any atom is -0.323 e. The van der Waals surface area contributed by atoms with Crippen LogP contribution in [0.1, 0.15) is 74.7 Å². The summed E-state index contributed by atoms with van der Waals surface area (Å²) in [6.07, 6.45) is 4.09. The molecule has 0 N–H and O–H groups in total. The number of likely N-dealkylation sites (tertiary alicyclic amines) is 1. The van der Waals surface area contributed by atoms with Crippen LogP contribution in [0, 0.1) is 5.92 Å². The molecule has 0 atom stereocenters. The Balaban J connectivity index is 0. The lowest BCUT2D eigenvalue weighted by atomic mass is 9.98. The van der Waals surface area contributed by atoms with Crippen LogP contribution in [-0.2, 0) is 0 Å². The predicted octanol–water partition coefficient (Wildman–Crippen LogP) is 5.04. The largest absolute Gasteiger partial charge is 0.323 e. The molecule has 0 saturated carbocycles. The first-order chi connectivity index (χ1) is 10.1. The minimum absolute atomic E-state index is 0.991. The van der Waals surface area contributed by atoms with Crippen molar-refractivity contribution in [2.24, 2.45) is 5.92 Å². The first kappa shape index (κ1) is 23.2. The fraction of sp³-hybridized carbons (Fsp3) is 1.00. The molecular weight excluding hydrogens is 256 g/mol. The van der Waals surface area contributed by atoms with Crippen molar-refractivity contribution in [3.8, 4) is 0 Å². The molecule has 1 aliphatic heterocycles. The summed E-state index contributed by atoms with van der Waals surface area (Å²) < 4.78 is 1.38. The molecule has 0 aliphatic carbocycles. The van der Waals surface area contributed by atoms with Gasteiger partial charge in [0, 0.05) is 0 Å². The number of hydrogen-bond acceptors (Lipinski definition) is 1. The van der Waals surface area contributed by atoms with Crippen molar-refractivity contribution in [2.45, 2.75) is 74.7 Å². The van der Waals surface area contributed by atoms with Crippen LogP contribution >= 0.6 is 0 Å². The summed E-state index contributed by atoms with van der Waals surface area (Å²) in [5.41, 5.74) is 0. The fourth-order valence-corrected chi connectivity index (χ4v) is 3.13. The average Bonchev–Trinajstić information content (AvgIpc) is 2.51. The van der Waals surface area contributed by atoms with E-state index >= 15 is 0 Å². The number of hydrogen-bond donors (Lipinski definition) is 0. The molecule has 1 saturated heterocycles. The molecule has 1 aliphatic rings. The van der Waals surface area contributed by atoms with E-state index in [0.29, 0.717) is 0 Å². The van der Waals surface area contributed by atoms with Gasteiger partial charge in [-0.25, -0.2) is 0 Å². The van der Waals surface area contributed by atoms with Crippen LogP contribution in [0.5, 0.6) is 0 Å². The zero-order chi connectivity index (χ0) is 16.7. The van der Waals surface area contributed by atoms with Gasteiger partial charge in [0.05, 0.1) is 32.1 Å². The van der Waals surface area contributed by atoms with Crippen molar-refractivity contribution in [1.82, 2.24) is 4.90 Å². The van der Waals surface area contributed by atoms with E-state index in [2.05, 4.69) is 46.4 Å². The van der Waals surface area contributed by atoms with Crippen LogP contribution < -0.4 is 0 Å². The molecule has 1 heterocycles. The lowest BCUT2D eigenvalue weighted by molar-refractivity contribution is -0.970. The zero-order valence-corrected chi connectivity index (χ0v) is 16.5. The van der Waals surface area contributed by atoms with E-state index in [-0.39, 0.29) is 0 Å². The van der Waals surface area contributed by atoms with Gasteiger partial charge >= 0.3 is 0 Å². The van der Waals surface area contributed by atoms with E-state index in [1.54, 1.807) is 0 Å². The molecule has 0 radical (unpaired) electrons. The maximum atomic E-state index is 2.48. The van der Waals surface area contributed by atoms with Crippen molar-refractivity contribution in [3.63, 3.8) is 0 Å². The Morgan fingerprint density at radius 3 is 1.57 bits per heavy atom. The molecule has 0 bridgehead atoms. The average molecular weight is 302 g/mol. The molecule has 2 heteroatoms. The van der Waals surface area contributed by atoms with E-state index in [1.165, 1.54) is 69.6 Å². The quantitative estimate of drug-likeness (QED) is 0.448. The van der Waals surface area contributed by atoms with Crippen LogP contribution in [0.2, 0.25) is 0 Å². The SMILES string of the molecule is CC.CCCCCN(CC)CC.CC[N+]1(CC)CC(C)C1. The highest BCUT2D eigenvalue weighted by Gasteiger charge is 2.37. The Kier molecular flexibility index (Phi) is 16.4. The third kappa shape index (κ3) is 10.3. The summed E-state index contributed by atoms with van der Waals surface area (Å²) in [6.45, 7) is 26.9. The Hall–Kier alpha value is -0.0800. The summed E-state index contributed by atoms with van der Waals surface area (Å²) >= 11 is 0. The van der Waals surface area contributed by atoms with Gasteiger partial charge in [-0.05, 0) is 39.9 Å². The molecule has 0 aromatic heterocycles. The molecule has 0 spiro atoms. The molecule has 0 unspecified atom stereocenters. The van der Waals surface area contributed by atoms with Gasteiger partial charge in [0.1, 0.15) is 0 Å². The lowest BCUT2D eigenvalue weighted by Crippen LogP contribution is -2.62. The first-order valence-corrected chi connectivity index (χ1v) is 9.64. The number of rotatable bonds is 8. The zero-order valence-electron chi connectivity index (χ0n) is 16.5. The second kappa shape index (κ2) is 14.8. The van der Waals surface area contributed by atoms with Gasteiger partial charge in [-0.2, -0.15) is 0 Å². The molecule has 21 heavy (non-hydrogen) atoms. The fourth-order valence-electron chi connectivity index (χ4n) is 3.13. The van der Waals surface area contributed by atoms with Gasteiger partial charge in [0.2, 0.25) is 0 Å². The van der Waals surface area contributed by atoms with Crippen molar-refractivity contribution in [3.05, 3.63) is 0 Å². The highest BCUT2D eigenvalue weighted by molar-refractivity contribution is 4.62. The molecule has 130 valence electrons. The second-order valence-corrected chi connectivity index (χ2v) is 6.18. The van der Waals surface area contributed by atoms with E-state index in [4.69, 9.17) is 0 Å². The van der Waals surface area contributed by atoms with Gasteiger partial charge in [-0.3, -0.25) is 0 Å². The number of nitrogens with zero attached hydrogens (tertiary/aromatic N) is 2. The minimum atomic E-state index is 0.991. The summed E-state index contributed by atoms with van der Waals surface area (Å²) in [4.78, 5) is 2.48. The van der Waals surface area contributed by atoms with Crippen molar-refractivity contribution in [1.29, 1.82) is 0 Å². The maximum absolute atomic E-state index is 2.48. The molecule has 1 fully saturated rings. The molecule has 2 nitrogen and oxygen atoms in total. The standard InChI is InChI=1S/C9H21N.C8H18N.C2H6/c1-4-7-8-9-10(5-2)6-3;1-4-9(5-2)6-8(3)7-9;1-2/h4-9H2,1-3H3;8H,4-7H2,1-3H3;1-2H3/q;+1;. The van der Waals surface area contributed by atoms with E-state index < -0.39 is 0 Å². The molecule has 1 rings (SSSR count). The normalized spacial score (nSPS) is 16.4. The van der Waals surface area contributed by atoms with Crippen LogP contribution in [0.3, 0.4) is 0 Å². The smallest absolute Gasteiger partial charge is 0.0867 e. The third-order valence-corrected chi connectivity index (χ3v) is 4.71. The monoisotopic (exact) mass is 301 g/mol. The predicted molar refractivity (Wildman–Crippen MR) is 98.9 cm³/mol. The van der Waals surface area contributed by atoms with Gasteiger partial charge in [-0.15, -0.1) is 0 Å². The molecule has 0 aromatic carbocycles. The lowest BCUT2D eigenvalue weighted by Gasteiger charge is -2.48. The van der Waals surface area contributed by atoms with Crippen molar-refractivity contribution in [2.75, 3.05) is 45.8 Å². The molecular formula is C19H45N2+. The van der Waals surface area contributed by atoms with Gasteiger partial charge in [0.15, 0.2) is 0 Å². The summed E-state index contributed by atoms with van der Waals surface area (Å²) in [6, 6.07) is 0. The first-order valence-electron chi connectivity index (χ1n) is 9.64. The van der Waals surface area contributed by atoms with E-state index in [9.17, 15) is 0 Å². The number of unbranched alkanes of at least 4 members (excludes halogenated alkanes) is 2. The van der Waals surface area contributed by atoms with Crippen LogP contribution in [0.4, 0.5) is 0 Å². The molecule has 0 aromatic rings. The maximum Gasteiger partial charge on any atom is 0.0867 e. The highest BCUT2D eigenvalue weighted by atomic mass is 15.4. The molecule has 0 amide bonds. The third-order valence-electron chi connectivity index (χ3n) is 4.71. The van der Waals surface area contributed by atoms with Crippen LogP contribution in [-0.4, -0.2) is 55.2 Å². The summed E-state index contributed by atoms with van der Waals surface area (Å²) in [5.74, 6) is 0.991. The number of quaternary nitrogens is 1. The van der Waals surface area contributed by atoms with Crippen LogP contribution in [0.15, 0.2) is 0 Å². The Labute approximate surface area is 136 Å². The van der Waals surface area contributed by atoms with Crippen LogP contribution in [0.25, 0.3) is 0 Å². The Morgan fingerprint density at radius 2 is 1.33 bits per heavy atom. The Bertz CT molecular complexity index is 188. The second-order valence-electron chi connectivity index (χ2n) is 6.18. The van der Waals surface area contributed by atoms with Crippen molar-refractivity contribution < 1.29 is 4.48 Å². The summed E-state index contributed by atoms with van der Waals surface area (Å²) in [7, 11) is 0. The topological polar surface area (TPSA) is 3.24 Å². The van der Waals surface area contributed by atoms with E-state index in [0.717, 1.165) is 5.92 Å². The van der Waals surface area contributed by atoms with Gasteiger partial charge in [-0.1, -0.05) is 54.4 Å². The highest BCUT2D eigenvalue weighted by Crippen LogP contribution is 2.24. The van der Waals surface area contributed by atoms with E-state index in [1.807, 2.05) is 13.8 Å². The summed E-state index contributed by atoms with van der Waals surface area (Å²) in [5, 5.41) is 0. The van der Waals surface area contributed by atoms with Crippen molar-refractivity contribution >= 4 is 0 Å².